The van der Waals surface area contributed by atoms with E-state index in [0.717, 1.165) is 5.92 Å². The number of nitrogens with two attached hydrogens (primary N) is 1. The third kappa shape index (κ3) is 4.42. The zero-order valence-electron chi connectivity index (χ0n) is 11.4. The molecule has 2 nitrogen and oxygen atoms in total. The summed E-state index contributed by atoms with van der Waals surface area (Å²) >= 11 is 0. The van der Waals surface area contributed by atoms with Crippen molar-refractivity contribution < 1.29 is 0 Å². The van der Waals surface area contributed by atoms with Crippen molar-refractivity contribution in [3.63, 3.8) is 0 Å². The summed E-state index contributed by atoms with van der Waals surface area (Å²) in [6.45, 7) is 5.80. The van der Waals surface area contributed by atoms with E-state index in [1.54, 1.807) is 0 Å². The Morgan fingerprint density at radius 2 is 1.94 bits per heavy atom. The normalized spacial score (nSPS) is 29.1. The summed E-state index contributed by atoms with van der Waals surface area (Å²) in [7, 11) is 2.26. The molecule has 1 aliphatic carbocycles. The molecular formula is C14H30N2. The number of nitrogens with zero attached hydrogens (tertiary/aromatic N) is 1. The fourth-order valence-electron chi connectivity index (χ4n) is 2.83. The third-order valence-corrected chi connectivity index (χ3v) is 4.20. The van der Waals surface area contributed by atoms with E-state index in [2.05, 4.69) is 25.8 Å². The first-order chi connectivity index (χ1) is 7.65. The van der Waals surface area contributed by atoms with Crippen LogP contribution in [0.1, 0.15) is 58.8 Å². The van der Waals surface area contributed by atoms with Crippen LogP contribution in [0.2, 0.25) is 0 Å². The van der Waals surface area contributed by atoms with Gasteiger partial charge in [0.1, 0.15) is 0 Å². The third-order valence-electron chi connectivity index (χ3n) is 4.20. The standard InChI is InChI=1S/C14H30N2/c1-4-8-12(2)16(3)11-13-9-6-5-7-10-14(13)15/h12-14H,4-11,15H2,1-3H3. The highest BCUT2D eigenvalue weighted by Gasteiger charge is 2.22. The molecule has 0 aromatic heterocycles. The molecule has 1 fully saturated rings. The van der Waals surface area contributed by atoms with Crippen molar-refractivity contribution >= 4 is 0 Å². The second-order valence-corrected chi connectivity index (χ2v) is 5.64. The van der Waals surface area contributed by atoms with E-state index in [1.165, 1.54) is 51.5 Å². The van der Waals surface area contributed by atoms with Crippen LogP contribution in [0.3, 0.4) is 0 Å². The molecule has 1 aliphatic rings. The largest absolute Gasteiger partial charge is 0.327 e. The van der Waals surface area contributed by atoms with Gasteiger partial charge in [0, 0.05) is 18.6 Å². The summed E-state index contributed by atoms with van der Waals surface area (Å²) in [4.78, 5) is 2.51. The SMILES string of the molecule is CCCC(C)N(C)CC1CCCCCC1N. The van der Waals surface area contributed by atoms with Gasteiger partial charge in [-0.15, -0.1) is 0 Å². The van der Waals surface area contributed by atoms with Crippen LogP contribution in [0.15, 0.2) is 0 Å². The molecule has 2 heteroatoms. The van der Waals surface area contributed by atoms with Crippen LogP contribution in [0.25, 0.3) is 0 Å². The van der Waals surface area contributed by atoms with Crippen molar-refractivity contribution in [3.8, 4) is 0 Å². The monoisotopic (exact) mass is 226 g/mol. The molecule has 0 aromatic carbocycles. The van der Waals surface area contributed by atoms with Crippen molar-refractivity contribution in [3.05, 3.63) is 0 Å². The Labute approximate surface area is 102 Å². The van der Waals surface area contributed by atoms with Gasteiger partial charge in [-0.2, -0.15) is 0 Å². The molecule has 0 bridgehead atoms. The van der Waals surface area contributed by atoms with Crippen LogP contribution in [0.4, 0.5) is 0 Å². The van der Waals surface area contributed by atoms with Gasteiger partial charge in [0.25, 0.3) is 0 Å². The lowest BCUT2D eigenvalue weighted by atomic mass is 9.94. The molecule has 3 atom stereocenters. The fourth-order valence-corrected chi connectivity index (χ4v) is 2.83. The van der Waals surface area contributed by atoms with E-state index >= 15 is 0 Å². The van der Waals surface area contributed by atoms with Crippen molar-refractivity contribution in [2.75, 3.05) is 13.6 Å². The van der Waals surface area contributed by atoms with Gasteiger partial charge in [0.15, 0.2) is 0 Å². The summed E-state index contributed by atoms with van der Waals surface area (Å²) in [5.74, 6) is 0.729. The molecule has 0 amide bonds. The molecule has 0 radical (unpaired) electrons. The summed E-state index contributed by atoms with van der Waals surface area (Å²) in [5.41, 5.74) is 6.27. The predicted molar refractivity (Wildman–Crippen MR) is 71.6 cm³/mol. The quantitative estimate of drug-likeness (QED) is 0.730. The molecule has 3 unspecified atom stereocenters. The molecule has 2 N–H and O–H groups in total. The van der Waals surface area contributed by atoms with Crippen molar-refractivity contribution in [2.24, 2.45) is 11.7 Å². The summed E-state index contributed by atoms with van der Waals surface area (Å²) in [6, 6.07) is 1.15. The minimum Gasteiger partial charge on any atom is -0.327 e. The smallest absolute Gasteiger partial charge is 0.00793 e. The first-order valence-electron chi connectivity index (χ1n) is 7.11. The second kappa shape index (κ2) is 7.29. The minimum absolute atomic E-state index is 0.443. The zero-order valence-corrected chi connectivity index (χ0v) is 11.4. The average Bonchev–Trinajstić information content (AvgIpc) is 2.45. The van der Waals surface area contributed by atoms with E-state index in [-0.39, 0.29) is 0 Å². The average molecular weight is 226 g/mol. The number of rotatable bonds is 5. The van der Waals surface area contributed by atoms with Crippen LogP contribution in [-0.2, 0) is 0 Å². The molecule has 0 aromatic rings. The number of hydrogen-bond donors (Lipinski definition) is 1. The van der Waals surface area contributed by atoms with Gasteiger partial charge in [-0.1, -0.05) is 32.6 Å². The van der Waals surface area contributed by atoms with Crippen LogP contribution >= 0.6 is 0 Å². The van der Waals surface area contributed by atoms with Crippen LogP contribution < -0.4 is 5.73 Å². The maximum atomic E-state index is 6.27. The highest BCUT2D eigenvalue weighted by atomic mass is 15.1. The molecule has 16 heavy (non-hydrogen) atoms. The van der Waals surface area contributed by atoms with E-state index in [4.69, 9.17) is 5.73 Å². The Morgan fingerprint density at radius 3 is 2.62 bits per heavy atom. The van der Waals surface area contributed by atoms with Crippen molar-refractivity contribution in [1.29, 1.82) is 0 Å². The van der Waals surface area contributed by atoms with E-state index in [9.17, 15) is 0 Å². The molecule has 96 valence electrons. The summed E-state index contributed by atoms with van der Waals surface area (Å²) in [5, 5.41) is 0. The maximum absolute atomic E-state index is 6.27. The van der Waals surface area contributed by atoms with E-state index < -0.39 is 0 Å². The predicted octanol–water partition coefficient (Wildman–Crippen LogP) is 3.01. The van der Waals surface area contributed by atoms with Crippen molar-refractivity contribution in [2.45, 2.75) is 70.9 Å². The van der Waals surface area contributed by atoms with Crippen LogP contribution in [0.5, 0.6) is 0 Å². The second-order valence-electron chi connectivity index (χ2n) is 5.64. The topological polar surface area (TPSA) is 29.3 Å². The Balaban J connectivity index is 2.38. The van der Waals surface area contributed by atoms with Gasteiger partial charge in [-0.3, -0.25) is 0 Å². The minimum atomic E-state index is 0.443. The fraction of sp³-hybridized carbons (Fsp3) is 1.00. The molecule has 1 saturated carbocycles. The van der Waals surface area contributed by atoms with Gasteiger partial charge >= 0.3 is 0 Å². The highest BCUT2D eigenvalue weighted by molar-refractivity contribution is 4.79. The Bertz CT molecular complexity index is 182. The highest BCUT2D eigenvalue weighted by Crippen LogP contribution is 2.23. The van der Waals surface area contributed by atoms with Gasteiger partial charge in [-0.05, 0) is 39.2 Å². The Kier molecular flexibility index (Phi) is 6.37. The van der Waals surface area contributed by atoms with Crippen LogP contribution in [0, 0.1) is 5.92 Å². The molecule has 0 heterocycles. The van der Waals surface area contributed by atoms with Gasteiger partial charge in [0.05, 0.1) is 0 Å². The molecule has 0 aliphatic heterocycles. The summed E-state index contributed by atoms with van der Waals surface area (Å²) < 4.78 is 0. The zero-order chi connectivity index (χ0) is 12.0. The Morgan fingerprint density at radius 1 is 1.25 bits per heavy atom. The van der Waals surface area contributed by atoms with Crippen LogP contribution in [-0.4, -0.2) is 30.6 Å². The van der Waals surface area contributed by atoms with Crippen molar-refractivity contribution in [1.82, 2.24) is 4.90 Å². The summed E-state index contributed by atoms with van der Waals surface area (Å²) in [6.07, 6.45) is 9.27. The van der Waals surface area contributed by atoms with Gasteiger partial charge in [0.2, 0.25) is 0 Å². The molecule has 0 spiro atoms. The van der Waals surface area contributed by atoms with Gasteiger partial charge < -0.3 is 10.6 Å². The maximum Gasteiger partial charge on any atom is 0.00793 e. The molecule has 0 saturated heterocycles. The Hall–Kier alpha value is -0.0800. The van der Waals surface area contributed by atoms with E-state index in [1.807, 2.05) is 0 Å². The first-order valence-corrected chi connectivity index (χ1v) is 7.11. The lowest BCUT2D eigenvalue weighted by Crippen LogP contribution is -2.40. The molecule has 1 rings (SSSR count). The van der Waals surface area contributed by atoms with Gasteiger partial charge in [-0.25, -0.2) is 0 Å². The lowest BCUT2D eigenvalue weighted by Gasteiger charge is -2.31. The molecular weight excluding hydrogens is 196 g/mol. The number of hydrogen-bond acceptors (Lipinski definition) is 2. The van der Waals surface area contributed by atoms with E-state index in [0.29, 0.717) is 12.1 Å². The first kappa shape index (κ1) is 14.0. The lowest BCUT2D eigenvalue weighted by molar-refractivity contribution is 0.188.